The number of methoxy groups -OCH3 is 2. The third-order valence-electron chi connectivity index (χ3n) is 4.01. The lowest BCUT2D eigenvalue weighted by molar-refractivity contribution is 0.318. The standard InChI is InChI=1S/C20H19ClN2O5/c1-4-28-16-8-11(5-6-15(16)24)7-13(21)19-22-14-10-18(27-3)17(26-2)9-12(14)20(25)23-19/h5-10,24H,4H2,1-3H3,(H,22,23,25)/b13-7-. The normalized spacial score (nSPS) is 11.5. The Kier molecular flexibility index (Phi) is 5.75. The van der Waals surface area contributed by atoms with Crippen molar-refractivity contribution in [2.24, 2.45) is 0 Å². The Hall–Kier alpha value is -3.19. The Labute approximate surface area is 166 Å². The average Bonchev–Trinajstić information content (AvgIpc) is 2.69. The van der Waals surface area contributed by atoms with Gasteiger partial charge in [-0.2, -0.15) is 0 Å². The van der Waals surface area contributed by atoms with Crippen molar-refractivity contribution in [1.82, 2.24) is 9.97 Å². The van der Waals surface area contributed by atoms with Crippen LogP contribution < -0.4 is 19.8 Å². The number of benzene rings is 2. The Morgan fingerprint density at radius 2 is 1.89 bits per heavy atom. The summed E-state index contributed by atoms with van der Waals surface area (Å²) in [5, 5.41) is 10.4. The Bertz CT molecular complexity index is 1110. The molecule has 146 valence electrons. The molecule has 0 spiro atoms. The fourth-order valence-electron chi connectivity index (χ4n) is 2.69. The number of nitrogens with one attached hydrogen (secondary N) is 1. The number of halogens is 1. The molecule has 0 saturated carbocycles. The highest BCUT2D eigenvalue weighted by atomic mass is 35.5. The van der Waals surface area contributed by atoms with Gasteiger partial charge < -0.3 is 24.3 Å². The van der Waals surface area contributed by atoms with Crippen LogP contribution >= 0.6 is 11.6 Å². The van der Waals surface area contributed by atoms with Crippen molar-refractivity contribution in [3.8, 4) is 23.0 Å². The average molecular weight is 403 g/mol. The summed E-state index contributed by atoms with van der Waals surface area (Å²) in [6, 6.07) is 8.01. The van der Waals surface area contributed by atoms with E-state index in [1.807, 2.05) is 6.92 Å². The molecular weight excluding hydrogens is 384 g/mol. The number of phenolic OH excluding ortho intramolecular Hbond substituents is 1. The lowest BCUT2D eigenvalue weighted by atomic mass is 10.1. The van der Waals surface area contributed by atoms with E-state index in [4.69, 9.17) is 25.8 Å². The zero-order valence-electron chi connectivity index (χ0n) is 15.6. The van der Waals surface area contributed by atoms with Crippen molar-refractivity contribution < 1.29 is 19.3 Å². The number of nitrogens with zero attached hydrogens (tertiary/aromatic N) is 1. The van der Waals surface area contributed by atoms with E-state index in [2.05, 4.69) is 9.97 Å². The zero-order valence-corrected chi connectivity index (χ0v) is 16.3. The fraction of sp³-hybridized carbons (Fsp3) is 0.200. The lowest BCUT2D eigenvalue weighted by Crippen LogP contribution is -2.11. The topological polar surface area (TPSA) is 93.7 Å². The predicted molar refractivity (Wildman–Crippen MR) is 108 cm³/mol. The first-order chi connectivity index (χ1) is 13.5. The zero-order chi connectivity index (χ0) is 20.3. The van der Waals surface area contributed by atoms with Gasteiger partial charge in [0.1, 0.15) is 0 Å². The largest absolute Gasteiger partial charge is 0.504 e. The molecule has 0 aliphatic carbocycles. The van der Waals surface area contributed by atoms with E-state index in [1.165, 1.54) is 20.3 Å². The Morgan fingerprint density at radius 1 is 1.18 bits per heavy atom. The fourth-order valence-corrected chi connectivity index (χ4v) is 2.90. The number of ether oxygens (including phenoxy) is 3. The molecule has 1 aromatic heterocycles. The summed E-state index contributed by atoms with van der Waals surface area (Å²) in [7, 11) is 3.00. The summed E-state index contributed by atoms with van der Waals surface area (Å²) in [4.78, 5) is 19.6. The van der Waals surface area contributed by atoms with Crippen LogP contribution in [0.4, 0.5) is 0 Å². The minimum absolute atomic E-state index is 0.0356. The van der Waals surface area contributed by atoms with Gasteiger partial charge in [-0.25, -0.2) is 4.98 Å². The summed E-state index contributed by atoms with van der Waals surface area (Å²) in [6.07, 6.45) is 1.62. The number of rotatable bonds is 6. The first kappa shape index (κ1) is 19.6. The van der Waals surface area contributed by atoms with Gasteiger partial charge in [-0.15, -0.1) is 0 Å². The molecule has 0 aliphatic heterocycles. The molecule has 0 bridgehead atoms. The quantitative estimate of drug-likeness (QED) is 0.651. The van der Waals surface area contributed by atoms with Gasteiger partial charge in [0, 0.05) is 6.07 Å². The van der Waals surface area contributed by atoms with Crippen molar-refractivity contribution in [3.05, 3.63) is 52.1 Å². The molecule has 0 amide bonds. The highest BCUT2D eigenvalue weighted by molar-refractivity contribution is 6.50. The number of H-pyrrole nitrogens is 1. The van der Waals surface area contributed by atoms with Crippen LogP contribution in [-0.2, 0) is 0 Å². The summed E-state index contributed by atoms with van der Waals surface area (Å²) in [5.74, 6) is 1.48. The SMILES string of the molecule is CCOc1cc(/C=C(\Cl)c2nc3cc(OC)c(OC)cc3c(=O)[nH]2)ccc1O. The van der Waals surface area contributed by atoms with E-state index < -0.39 is 0 Å². The maximum atomic E-state index is 12.5. The van der Waals surface area contributed by atoms with Crippen LogP contribution in [-0.4, -0.2) is 35.9 Å². The van der Waals surface area contributed by atoms with E-state index in [9.17, 15) is 9.90 Å². The Balaban J connectivity index is 2.06. The third kappa shape index (κ3) is 3.89. The smallest absolute Gasteiger partial charge is 0.259 e. The van der Waals surface area contributed by atoms with E-state index in [1.54, 1.807) is 30.3 Å². The second-order valence-electron chi connectivity index (χ2n) is 5.79. The molecule has 0 aliphatic rings. The lowest BCUT2D eigenvalue weighted by Gasteiger charge is -2.09. The summed E-state index contributed by atoms with van der Waals surface area (Å²) in [6.45, 7) is 2.24. The Morgan fingerprint density at radius 3 is 2.57 bits per heavy atom. The number of aromatic hydroxyl groups is 1. The van der Waals surface area contributed by atoms with Crippen molar-refractivity contribution in [2.45, 2.75) is 6.92 Å². The van der Waals surface area contributed by atoms with Gasteiger partial charge in [0.25, 0.3) is 5.56 Å². The first-order valence-electron chi connectivity index (χ1n) is 8.46. The molecule has 2 N–H and O–H groups in total. The highest BCUT2D eigenvalue weighted by Crippen LogP contribution is 2.31. The van der Waals surface area contributed by atoms with Gasteiger partial charge >= 0.3 is 0 Å². The molecule has 1 heterocycles. The maximum Gasteiger partial charge on any atom is 0.259 e. The molecule has 2 aromatic carbocycles. The van der Waals surface area contributed by atoms with E-state index in [0.29, 0.717) is 40.3 Å². The molecule has 8 heteroatoms. The molecule has 3 rings (SSSR count). The molecule has 0 saturated heterocycles. The molecule has 7 nitrogen and oxygen atoms in total. The van der Waals surface area contributed by atoms with Crippen molar-refractivity contribution in [3.63, 3.8) is 0 Å². The number of aromatic nitrogens is 2. The van der Waals surface area contributed by atoms with Crippen LogP contribution in [0.2, 0.25) is 0 Å². The highest BCUT2D eigenvalue weighted by Gasteiger charge is 2.12. The summed E-state index contributed by atoms with van der Waals surface area (Å²) >= 11 is 6.38. The van der Waals surface area contributed by atoms with Gasteiger partial charge in [0.2, 0.25) is 0 Å². The van der Waals surface area contributed by atoms with Crippen LogP contribution in [0.25, 0.3) is 22.0 Å². The number of aromatic amines is 1. The minimum Gasteiger partial charge on any atom is -0.504 e. The second-order valence-corrected chi connectivity index (χ2v) is 6.20. The van der Waals surface area contributed by atoms with Gasteiger partial charge in [-0.1, -0.05) is 17.7 Å². The van der Waals surface area contributed by atoms with Crippen LogP contribution in [0.1, 0.15) is 18.3 Å². The molecule has 0 radical (unpaired) electrons. The van der Waals surface area contributed by atoms with Crippen LogP contribution in [0.5, 0.6) is 23.0 Å². The van der Waals surface area contributed by atoms with Gasteiger partial charge in [-0.3, -0.25) is 4.79 Å². The molecule has 28 heavy (non-hydrogen) atoms. The van der Waals surface area contributed by atoms with Gasteiger partial charge in [-0.05, 0) is 36.8 Å². The van der Waals surface area contributed by atoms with Gasteiger partial charge in [0.15, 0.2) is 28.8 Å². The number of hydrogen-bond donors (Lipinski definition) is 2. The third-order valence-corrected chi connectivity index (χ3v) is 4.30. The number of hydrogen-bond acceptors (Lipinski definition) is 6. The molecule has 0 fully saturated rings. The van der Waals surface area contributed by atoms with E-state index in [-0.39, 0.29) is 22.2 Å². The molecule has 0 unspecified atom stereocenters. The van der Waals surface area contributed by atoms with Crippen molar-refractivity contribution in [1.29, 1.82) is 0 Å². The van der Waals surface area contributed by atoms with Crippen LogP contribution in [0.15, 0.2) is 35.1 Å². The van der Waals surface area contributed by atoms with E-state index >= 15 is 0 Å². The summed E-state index contributed by atoms with van der Waals surface area (Å²) in [5.41, 5.74) is 0.748. The molecule has 0 atom stereocenters. The summed E-state index contributed by atoms with van der Waals surface area (Å²) < 4.78 is 15.9. The molecule has 3 aromatic rings. The first-order valence-corrected chi connectivity index (χ1v) is 8.84. The second kappa shape index (κ2) is 8.22. The molecular formula is C20H19ClN2O5. The van der Waals surface area contributed by atoms with Crippen molar-refractivity contribution in [2.75, 3.05) is 20.8 Å². The van der Waals surface area contributed by atoms with Crippen LogP contribution in [0.3, 0.4) is 0 Å². The van der Waals surface area contributed by atoms with Crippen LogP contribution in [0, 0.1) is 0 Å². The number of phenols is 1. The predicted octanol–water partition coefficient (Wildman–Crippen LogP) is 3.78. The van der Waals surface area contributed by atoms with Crippen molar-refractivity contribution >= 4 is 33.6 Å². The van der Waals surface area contributed by atoms with Gasteiger partial charge in [0.05, 0.1) is 36.8 Å². The minimum atomic E-state index is -0.354. The van der Waals surface area contributed by atoms with E-state index in [0.717, 1.165) is 0 Å². The monoisotopic (exact) mass is 402 g/mol. The maximum absolute atomic E-state index is 12.5. The number of fused-ring (bicyclic) bond motifs is 1.